The van der Waals surface area contributed by atoms with Crippen LogP contribution in [0.4, 0.5) is 5.69 Å². The zero-order valence-corrected chi connectivity index (χ0v) is 11.3. The molecule has 4 nitrogen and oxygen atoms in total. The van der Waals surface area contributed by atoms with Gasteiger partial charge >= 0.3 is 0 Å². The van der Waals surface area contributed by atoms with Crippen molar-refractivity contribution in [2.24, 2.45) is 0 Å². The van der Waals surface area contributed by atoms with Crippen LogP contribution >= 0.6 is 0 Å². The van der Waals surface area contributed by atoms with Gasteiger partial charge in [0.05, 0.1) is 6.33 Å². The molecule has 2 aromatic rings. The molecule has 1 aromatic carbocycles. The number of imidazole rings is 1. The third-order valence-corrected chi connectivity index (χ3v) is 3.16. The molecule has 100 valence electrons. The average Bonchev–Trinajstić information content (AvgIpc) is 2.93. The van der Waals surface area contributed by atoms with E-state index in [1.165, 1.54) is 5.56 Å². The number of carbonyl (C=O) groups excluding carboxylic acids is 1. The van der Waals surface area contributed by atoms with E-state index in [0.717, 1.165) is 12.1 Å². The molecular formula is C15H19N3O. The van der Waals surface area contributed by atoms with Crippen LogP contribution in [-0.4, -0.2) is 15.5 Å². The Morgan fingerprint density at radius 2 is 2.11 bits per heavy atom. The topological polar surface area (TPSA) is 46.9 Å². The zero-order valence-electron chi connectivity index (χ0n) is 11.3. The Morgan fingerprint density at radius 3 is 2.68 bits per heavy atom. The number of amides is 1. The third kappa shape index (κ3) is 3.68. The van der Waals surface area contributed by atoms with Crippen LogP contribution in [0.5, 0.6) is 0 Å². The van der Waals surface area contributed by atoms with Gasteiger partial charge in [0, 0.05) is 30.5 Å². The molecule has 1 N–H and O–H groups in total. The van der Waals surface area contributed by atoms with E-state index in [-0.39, 0.29) is 11.9 Å². The van der Waals surface area contributed by atoms with E-state index in [1.54, 1.807) is 12.5 Å². The minimum Gasteiger partial charge on any atom is -0.334 e. The van der Waals surface area contributed by atoms with Crippen molar-refractivity contribution >= 4 is 11.6 Å². The Kier molecular flexibility index (Phi) is 4.34. The number of rotatable bonds is 5. The molecule has 0 unspecified atom stereocenters. The molecule has 2 rings (SSSR count). The lowest BCUT2D eigenvalue weighted by Gasteiger charge is -2.13. The summed E-state index contributed by atoms with van der Waals surface area (Å²) in [6.45, 7) is 4.11. The van der Waals surface area contributed by atoms with Crippen LogP contribution < -0.4 is 5.32 Å². The van der Waals surface area contributed by atoms with Gasteiger partial charge in [-0.25, -0.2) is 4.98 Å². The van der Waals surface area contributed by atoms with Gasteiger partial charge in [0.2, 0.25) is 5.91 Å². The van der Waals surface area contributed by atoms with Gasteiger partial charge in [-0.3, -0.25) is 4.79 Å². The van der Waals surface area contributed by atoms with E-state index in [4.69, 9.17) is 0 Å². The molecule has 0 bridgehead atoms. The highest BCUT2D eigenvalue weighted by Crippen LogP contribution is 2.14. The monoisotopic (exact) mass is 257 g/mol. The summed E-state index contributed by atoms with van der Waals surface area (Å²) in [6, 6.07) is 8.07. The largest absolute Gasteiger partial charge is 0.334 e. The molecule has 1 heterocycles. The van der Waals surface area contributed by atoms with Gasteiger partial charge < -0.3 is 9.88 Å². The number of aromatic nitrogens is 2. The van der Waals surface area contributed by atoms with Gasteiger partial charge in [-0.05, 0) is 31.0 Å². The van der Waals surface area contributed by atoms with Gasteiger partial charge in [0.15, 0.2) is 0 Å². The maximum absolute atomic E-state index is 11.9. The Balaban J connectivity index is 1.90. The Bertz CT molecular complexity index is 517. The Hall–Kier alpha value is -2.10. The molecule has 0 aliphatic heterocycles. The highest BCUT2D eigenvalue weighted by Gasteiger charge is 2.10. The Labute approximate surface area is 113 Å². The third-order valence-electron chi connectivity index (χ3n) is 3.16. The summed E-state index contributed by atoms with van der Waals surface area (Å²) in [4.78, 5) is 15.9. The number of nitrogens with one attached hydrogen (secondary N) is 1. The first-order chi connectivity index (χ1) is 9.19. The number of hydrogen-bond donors (Lipinski definition) is 1. The maximum Gasteiger partial charge on any atom is 0.226 e. The molecule has 1 atom stereocenters. The predicted molar refractivity (Wildman–Crippen MR) is 76.0 cm³/mol. The number of nitrogens with zero attached hydrogens (tertiary/aromatic N) is 2. The number of aryl methyl sites for hydroxylation is 1. The summed E-state index contributed by atoms with van der Waals surface area (Å²) in [5, 5.41) is 2.91. The van der Waals surface area contributed by atoms with Crippen molar-refractivity contribution in [1.29, 1.82) is 0 Å². The summed E-state index contributed by atoms with van der Waals surface area (Å²) >= 11 is 0. The molecular weight excluding hydrogens is 238 g/mol. The van der Waals surface area contributed by atoms with Crippen molar-refractivity contribution in [2.45, 2.75) is 32.7 Å². The first kappa shape index (κ1) is 13.3. The highest BCUT2D eigenvalue weighted by atomic mass is 16.1. The molecule has 0 aliphatic rings. The Morgan fingerprint density at radius 1 is 1.37 bits per heavy atom. The summed E-state index contributed by atoms with van der Waals surface area (Å²) in [5.74, 6) is 0.0189. The first-order valence-electron chi connectivity index (χ1n) is 6.55. The highest BCUT2D eigenvalue weighted by molar-refractivity contribution is 5.90. The molecule has 0 saturated carbocycles. The van der Waals surface area contributed by atoms with Gasteiger partial charge in [-0.15, -0.1) is 0 Å². The molecule has 0 radical (unpaired) electrons. The van der Waals surface area contributed by atoms with Crippen molar-refractivity contribution in [1.82, 2.24) is 9.55 Å². The second-order valence-corrected chi connectivity index (χ2v) is 4.66. The molecule has 0 fully saturated rings. The molecule has 0 aliphatic carbocycles. The lowest BCUT2D eigenvalue weighted by Crippen LogP contribution is -2.16. The first-order valence-corrected chi connectivity index (χ1v) is 6.55. The van der Waals surface area contributed by atoms with E-state index in [0.29, 0.717) is 6.42 Å². The van der Waals surface area contributed by atoms with Crippen LogP contribution in [0.2, 0.25) is 0 Å². The van der Waals surface area contributed by atoms with Crippen LogP contribution in [0.15, 0.2) is 43.0 Å². The van der Waals surface area contributed by atoms with E-state index in [9.17, 15) is 4.79 Å². The van der Waals surface area contributed by atoms with E-state index in [1.807, 2.05) is 42.0 Å². The van der Waals surface area contributed by atoms with E-state index in [2.05, 4.69) is 17.2 Å². The fourth-order valence-corrected chi connectivity index (χ4v) is 1.94. The summed E-state index contributed by atoms with van der Waals surface area (Å²) in [6.07, 6.45) is 6.76. The lowest BCUT2D eigenvalue weighted by atomic mass is 10.1. The summed E-state index contributed by atoms with van der Waals surface area (Å²) in [7, 11) is 0. The number of anilines is 1. The average molecular weight is 257 g/mol. The van der Waals surface area contributed by atoms with Crippen molar-refractivity contribution in [3.8, 4) is 0 Å². The second kappa shape index (κ2) is 6.18. The summed E-state index contributed by atoms with van der Waals surface area (Å²) in [5.41, 5.74) is 2.12. The maximum atomic E-state index is 11.9. The quantitative estimate of drug-likeness (QED) is 0.895. The lowest BCUT2D eigenvalue weighted by molar-refractivity contribution is -0.116. The normalized spacial score (nSPS) is 12.1. The van der Waals surface area contributed by atoms with Crippen LogP contribution in [0.25, 0.3) is 0 Å². The molecule has 0 spiro atoms. The minimum absolute atomic E-state index is 0.0189. The van der Waals surface area contributed by atoms with Gasteiger partial charge in [-0.1, -0.05) is 19.1 Å². The van der Waals surface area contributed by atoms with Crippen LogP contribution in [-0.2, 0) is 11.2 Å². The van der Waals surface area contributed by atoms with Crippen LogP contribution in [0.3, 0.4) is 0 Å². The number of benzene rings is 1. The molecule has 4 heteroatoms. The van der Waals surface area contributed by atoms with Crippen molar-refractivity contribution in [2.75, 3.05) is 5.32 Å². The fourth-order valence-electron chi connectivity index (χ4n) is 1.94. The van der Waals surface area contributed by atoms with E-state index >= 15 is 0 Å². The van der Waals surface area contributed by atoms with Crippen molar-refractivity contribution in [3.05, 3.63) is 48.5 Å². The van der Waals surface area contributed by atoms with Crippen LogP contribution in [0, 0.1) is 0 Å². The van der Waals surface area contributed by atoms with Crippen molar-refractivity contribution < 1.29 is 4.79 Å². The van der Waals surface area contributed by atoms with E-state index < -0.39 is 0 Å². The van der Waals surface area contributed by atoms with Crippen molar-refractivity contribution in [3.63, 3.8) is 0 Å². The smallest absolute Gasteiger partial charge is 0.226 e. The zero-order chi connectivity index (χ0) is 13.7. The fraction of sp³-hybridized carbons (Fsp3) is 0.333. The molecule has 0 saturated heterocycles. The molecule has 1 amide bonds. The SMILES string of the molecule is CCc1ccc(NC(=O)C[C@H](C)n2ccnc2)cc1. The number of carbonyl (C=O) groups is 1. The molecule has 19 heavy (non-hydrogen) atoms. The molecule has 1 aromatic heterocycles. The standard InChI is InChI=1S/C15H19N3O/c1-3-13-4-6-14(7-5-13)17-15(19)10-12(2)18-9-8-16-11-18/h4-9,11-12H,3,10H2,1-2H3,(H,17,19)/t12-/m0/s1. The predicted octanol–water partition coefficient (Wildman–Crippen LogP) is 3.04. The van der Waals surface area contributed by atoms with Gasteiger partial charge in [0.25, 0.3) is 0 Å². The van der Waals surface area contributed by atoms with Crippen LogP contribution in [0.1, 0.15) is 31.9 Å². The second-order valence-electron chi connectivity index (χ2n) is 4.66. The summed E-state index contributed by atoms with van der Waals surface area (Å²) < 4.78 is 1.93. The van der Waals surface area contributed by atoms with Gasteiger partial charge in [-0.2, -0.15) is 0 Å². The minimum atomic E-state index is 0.0189. The number of hydrogen-bond acceptors (Lipinski definition) is 2. The van der Waals surface area contributed by atoms with Gasteiger partial charge in [0.1, 0.15) is 0 Å².